The number of halogens is 1. The molecule has 0 bridgehead atoms. The minimum atomic E-state index is -3.55. The van der Waals surface area contributed by atoms with Crippen LogP contribution in [0.2, 0.25) is 4.34 Å². The molecule has 2 aromatic rings. The van der Waals surface area contributed by atoms with Crippen molar-refractivity contribution in [3.8, 4) is 0 Å². The number of hydrogen-bond acceptors (Lipinski definition) is 7. The van der Waals surface area contributed by atoms with E-state index < -0.39 is 10.0 Å². The van der Waals surface area contributed by atoms with Gasteiger partial charge in [-0.05, 0) is 19.1 Å². The van der Waals surface area contributed by atoms with Crippen molar-refractivity contribution in [2.24, 2.45) is 0 Å². The molecular formula is C14H17ClN4O4S2. The molecule has 1 amide bonds. The van der Waals surface area contributed by atoms with Crippen molar-refractivity contribution in [1.82, 2.24) is 19.3 Å². The number of hydrogen-bond donors (Lipinski definition) is 0. The first-order chi connectivity index (χ1) is 11.9. The zero-order chi connectivity index (χ0) is 18.0. The Morgan fingerprint density at radius 2 is 2.04 bits per heavy atom. The third-order valence-corrected chi connectivity index (χ3v) is 7.45. The van der Waals surface area contributed by atoms with Crippen LogP contribution in [0.5, 0.6) is 0 Å². The van der Waals surface area contributed by atoms with Crippen molar-refractivity contribution < 1.29 is 17.7 Å². The predicted molar refractivity (Wildman–Crippen MR) is 92.0 cm³/mol. The Morgan fingerprint density at radius 1 is 1.32 bits per heavy atom. The minimum absolute atomic E-state index is 0.0490. The van der Waals surface area contributed by atoms with E-state index in [1.165, 1.54) is 10.4 Å². The van der Waals surface area contributed by atoms with E-state index in [0.29, 0.717) is 35.6 Å². The van der Waals surface area contributed by atoms with E-state index in [9.17, 15) is 13.2 Å². The van der Waals surface area contributed by atoms with Gasteiger partial charge in [0.15, 0.2) is 5.82 Å². The van der Waals surface area contributed by atoms with Crippen LogP contribution in [0.25, 0.3) is 0 Å². The SMILES string of the molecule is Cc1noc(CCC(=O)N2CCN(S(=O)(=O)c3ccc(Cl)s3)CC2)n1. The van der Waals surface area contributed by atoms with Gasteiger partial charge in [0.05, 0.1) is 4.34 Å². The van der Waals surface area contributed by atoms with E-state index in [1.54, 1.807) is 17.9 Å². The maximum atomic E-state index is 12.5. The zero-order valence-electron chi connectivity index (χ0n) is 13.5. The third-order valence-electron chi connectivity index (χ3n) is 3.86. The number of amides is 1. The molecule has 0 saturated carbocycles. The lowest BCUT2D eigenvalue weighted by atomic mass is 10.2. The highest BCUT2D eigenvalue weighted by molar-refractivity contribution is 7.91. The number of nitrogens with zero attached hydrogens (tertiary/aromatic N) is 4. The summed E-state index contributed by atoms with van der Waals surface area (Å²) < 4.78 is 32.1. The zero-order valence-corrected chi connectivity index (χ0v) is 15.9. The number of aromatic nitrogens is 2. The molecule has 0 aromatic carbocycles. The Balaban J connectivity index is 1.53. The largest absolute Gasteiger partial charge is 0.340 e. The van der Waals surface area contributed by atoms with Gasteiger partial charge in [0.1, 0.15) is 4.21 Å². The molecule has 136 valence electrons. The monoisotopic (exact) mass is 404 g/mol. The van der Waals surface area contributed by atoms with Crippen molar-refractivity contribution in [2.75, 3.05) is 26.2 Å². The quantitative estimate of drug-likeness (QED) is 0.750. The fourth-order valence-corrected chi connectivity index (χ4v) is 5.61. The Bertz CT molecular complexity index is 856. The van der Waals surface area contributed by atoms with Crippen LogP contribution < -0.4 is 0 Å². The highest BCUT2D eigenvalue weighted by atomic mass is 35.5. The van der Waals surface area contributed by atoms with Crippen LogP contribution in [0.3, 0.4) is 0 Å². The Morgan fingerprint density at radius 3 is 2.60 bits per heavy atom. The summed E-state index contributed by atoms with van der Waals surface area (Å²) in [7, 11) is -3.55. The number of thiophene rings is 1. The van der Waals surface area contributed by atoms with E-state index in [-0.39, 0.29) is 29.6 Å². The molecular weight excluding hydrogens is 388 g/mol. The van der Waals surface area contributed by atoms with E-state index in [0.717, 1.165) is 11.3 Å². The molecule has 0 atom stereocenters. The van der Waals surface area contributed by atoms with Crippen LogP contribution in [-0.4, -0.2) is 59.8 Å². The molecule has 0 aliphatic carbocycles. The average Bonchev–Trinajstić information content (AvgIpc) is 3.21. The van der Waals surface area contributed by atoms with Crippen molar-refractivity contribution >= 4 is 38.9 Å². The summed E-state index contributed by atoms with van der Waals surface area (Å²) in [6.45, 7) is 2.97. The lowest BCUT2D eigenvalue weighted by molar-refractivity contribution is -0.132. The standard InChI is InChI=1S/C14H17ClN4O4S2/c1-10-16-12(23-17-10)3-4-13(20)18-6-8-19(9-7-18)25(21,22)14-5-2-11(15)24-14/h2,5H,3-4,6-9H2,1H3. The first kappa shape index (κ1) is 18.3. The molecule has 0 spiro atoms. The number of carbonyl (C=O) groups excluding carboxylic acids is 1. The molecule has 1 aliphatic heterocycles. The summed E-state index contributed by atoms with van der Waals surface area (Å²) in [5, 5.41) is 3.68. The first-order valence-corrected chi connectivity index (χ1v) is 10.3. The third kappa shape index (κ3) is 4.20. The van der Waals surface area contributed by atoms with Crippen molar-refractivity contribution in [1.29, 1.82) is 0 Å². The average molecular weight is 405 g/mol. The van der Waals surface area contributed by atoms with Gasteiger partial charge in [-0.1, -0.05) is 16.8 Å². The van der Waals surface area contributed by atoms with Gasteiger partial charge in [-0.3, -0.25) is 4.79 Å². The number of piperazine rings is 1. The minimum Gasteiger partial charge on any atom is -0.340 e. The van der Waals surface area contributed by atoms with Gasteiger partial charge in [-0.2, -0.15) is 9.29 Å². The number of carbonyl (C=O) groups is 1. The Hall–Kier alpha value is -1.49. The van der Waals surface area contributed by atoms with Crippen LogP contribution >= 0.6 is 22.9 Å². The summed E-state index contributed by atoms with van der Waals surface area (Å²) in [5.74, 6) is 0.920. The molecule has 11 heteroatoms. The second-order valence-electron chi connectivity index (χ2n) is 5.58. The molecule has 0 unspecified atom stereocenters. The van der Waals surface area contributed by atoms with E-state index in [2.05, 4.69) is 10.1 Å². The molecule has 0 N–H and O–H groups in total. The first-order valence-electron chi connectivity index (χ1n) is 7.69. The van der Waals surface area contributed by atoms with Gasteiger partial charge >= 0.3 is 0 Å². The molecule has 8 nitrogen and oxygen atoms in total. The van der Waals surface area contributed by atoms with Gasteiger partial charge < -0.3 is 9.42 Å². The van der Waals surface area contributed by atoms with E-state index >= 15 is 0 Å². The Labute approximate surface area is 154 Å². The van der Waals surface area contributed by atoms with E-state index in [1.807, 2.05) is 0 Å². The van der Waals surface area contributed by atoms with Crippen molar-refractivity contribution in [2.45, 2.75) is 24.0 Å². The molecule has 1 fully saturated rings. The van der Waals surface area contributed by atoms with Gasteiger partial charge in [0, 0.05) is 39.0 Å². The smallest absolute Gasteiger partial charge is 0.252 e. The van der Waals surface area contributed by atoms with Crippen molar-refractivity contribution in [3.05, 3.63) is 28.2 Å². The normalized spacial score (nSPS) is 16.3. The number of rotatable bonds is 5. The molecule has 2 aromatic heterocycles. The summed E-state index contributed by atoms with van der Waals surface area (Å²) >= 11 is 6.86. The fourth-order valence-electron chi connectivity index (χ4n) is 2.55. The van der Waals surface area contributed by atoms with Crippen LogP contribution in [0.4, 0.5) is 0 Å². The molecule has 25 heavy (non-hydrogen) atoms. The lowest BCUT2D eigenvalue weighted by Crippen LogP contribution is -2.50. The highest BCUT2D eigenvalue weighted by Gasteiger charge is 2.31. The van der Waals surface area contributed by atoms with Gasteiger partial charge in [-0.15, -0.1) is 11.3 Å². The molecule has 3 rings (SSSR count). The molecule has 3 heterocycles. The number of aryl methyl sites for hydroxylation is 2. The lowest BCUT2D eigenvalue weighted by Gasteiger charge is -2.33. The molecule has 0 radical (unpaired) electrons. The number of sulfonamides is 1. The maximum Gasteiger partial charge on any atom is 0.252 e. The van der Waals surface area contributed by atoms with Gasteiger partial charge in [0.2, 0.25) is 11.8 Å². The van der Waals surface area contributed by atoms with Crippen LogP contribution in [0.15, 0.2) is 20.9 Å². The molecule has 1 saturated heterocycles. The summed E-state index contributed by atoms with van der Waals surface area (Å²) in [6.07, 6.45) is 0.640. The topological polar surface area (TPSA) is 96.6 Å². The summed E-state index contributed by atoms with van der Waals surface area (Å²) in [5.41, 5.74) is 0. The maximum absolute atomic E-state index is 12.5. The highest BCUT2D eigenvalue weighted by Crippen LogP contribution is 2.28. The van der Waals surface area contributed by atoms with Crippen molar-refractivity contribution in [3.63, 3.8) is 0 Å². The second kappa shape index (κ2) is 7.40. The predicted octanol–water partition coefficient (Wildman–Crippen LogP) is 1.56. The Kier molecular flexibility index (Phi) is 5.42. The summed E-state index contributed by atoms with van der Waals surface area (Å²) in [6, 6.07) is 3.07. The van der Waals surface area contributed by atoms with Gasteiger partial charge in [0.25, 0.3) is 10.0 Å². The second-order valence-corrected chi connectivity index (χ2v) is 9.46. The molecule has 1 aliphatic rings. The fraction of sp³-hybridized carbons (Fsp3) is 0.500. The van der Waals surface area contributed by atoms with E-state index in [4.69, 9.17) is 16.1 Å². The summed E-state index contributed by atoms with van der Waals surface area (Å²) in [4.78, 5) is 18.0. The van der Waals surface area contributed by atoms with Gasteiger partial charge in [-0.25, -0.2) is 8.42 Å². The van der Waals surface area contributed by atoms with Crippen LogP contribution in [-0.2, 0) is 21.2 Å². The van der Waals surface area contributed by atoms with Crippen LogP contribution in [0, 0.1) is 6.92 Å². The van der Waals surface area contributed by atoms with Crippen LogP contribution in [0.1, 0.15) is 18.1 Å².